The summed E-state index contributed by atoms with van der Waals surface area (Å²) in [6, 6.07) is 18.9. The van der Waals surface area contributed by atoms with Gasteiger partial charge < -0.3 is 14.2 Å². The predicted octanol–water partition coefficient (Wildman–Crippen LogP) is 3.71. The molecule has 0 fully saturated rings. The third-order valence-corrected chi connectivity index (χ3v) is 4.39. The largest absolute Gasteiger partial charge is 0.454 e. The molecule has 0 aliphatic carbocycles. The van der Waals surface area contributed by atoms with Crippen molar-refractivity contribution in [1.29, 1.82) is 0 Å². The topological polar surface area (TPSA) is 86.2 Å². The van der Waals surface area contributed by atoms with Crippen LogP contribution in [0.25, 0.3) is 0 Å². The van der Waals surface area contributed by atoms with E-state index >= 15 is 0 Å². The molecule has 0 spiro atoms. The van der Waals surface area contributed by atoms with Crippen LogP contribution in [0.4, 0.5) is 0 Å². The zero-order valence-electron chi connectivity index (χ0n) is 16.1. The maximum absolute atomic E-state index is 12.2. The summed E-state index contributed by atoms with van der Waals surface area (Å²) in [5.74, 6) is 0.767. The SMILES string of the molecule is Cc1ccc(C(=O)Oc2ccc(/C=N\NC(=O)c3ccc4c(c3)OCO4)cc2)cc1. The number of rotatable bonds is 5. The monoisotopic (exact) mass is 402 g/mol. The van der Waals surface area contributed by atoms with Crippen LogP contribution in [-0.4, -0.2) is 24.9 Å². The molecule has 1 heterocycles. The number of aryl methyl sites for hydroxylation is 1. The molecule has 1 N–H and O–H groups in total. The average Bonchev–Trinajstić information content (AvgIpc) is 3.23. The Kier molecular flexibility index (Phi) is 5.43. The van der Waals surface area contributed by atoms with E-state index in [-0.39, 0.29) is 12.7 Å². The van der Waals surface area contributed by atoms with Crippen molar-refractivity contribution in [1.82, 2.24) is 5.43 Å². The van der Waals surface area contributed by atoms with E-state index in [9.17, 15) is 9.59 Å². The van der Waals surface area contributed by atoms with E-state index in [1.54, 1.807) is 54.6 Å². The average molecular weight is 402 g/mol. The van der Waals surface area contributed by atoms with Crippen LogP contribution >= 0.6 is 0 Å². The van der Waals surface area contributed by atoms with Gasteiger partial charge in [-0.15, -0.1) is 0 Å². The molecule has 150 valence electrons. The Morgan fingerprint density at radius 2 is 1.63 bits per heavy atom. The fraction of sp³-hybridized carbons (Fsp3) is 0.0870. The molecule has 0 bridgehead atoms. The summed E-state index contributed by atoms with van der Waals surface area (Å²) in [6.45, 7) is 2.10. The van der Waals surface area contributed by atoms with E-state index < -0.39 is 5.97 Å². The van der Waals surface area contributed by atoms with Gasteiger partial charge in [0.15, 0.2) is 11.5 Å². The molecule has 0 atom stereocenters. The highest BCUT2D eigenvalue weighted by Crippen LogP contribution is 2.32. The van der Waals surface area contributed by atoms with E-state index in [2.05, 4.69) is 10.5 Å². The summed E-state index contributed by atoms with van der Waals surface area (Å²) >= 11 is 0. The van der Waals surface area contributed by atoms with Gasteiger partial charge in [-0.25, -0.2) is 10.2 Å². The Bertz CT molecular complexity index is 1110. The van der Waals surface area contributed by atoms with E-state index in [1.165, 1.54) is 6.21 Å². The second kappa shape index (κ2) is 8.48. The van der Waals surface area contributed by atoms with Crippen LogP contribution in [-0.2, 0) is 0 Å². The molecule has 3 aromatic rings. The maximum Gasteiger partial charge on any atom is 0.343 e. The second-order valence-electron chi connectivity index (χ2n) is 6.59. The minimum atomic E-state index is -0.424. The summed E-state index contributed by atoms with van der Waals surface area (Å²) in [6.07, 6.45) is 1.50. The molecule has 1 aliphatic heterocycles. The predicted molar refractivity (Wildman–Crippen MR) is 110 cm³/mol. The summed E-state index contributed by atoms with van der Waals surface area (Å²) in [4.78, 5) is 24.3. The van der Waals surface area contributed by atoms with Crippen LogP contribution in [0.5, 0.6) is 17.2 Å². The van der Waals surface area contributed by atoms with Gasteiger partial charge in [-0.05, 0) is 67.1 Å². The van der Waals surface area contributed by atoms with Gasteiger partial charge in [0.05, 0.1) is 11.8 Å². The number of carbonyl (C=O) groups excluding carboxylic acids is 2. The number of amides is 1. The van der Waals surface area contributed by atoms with Crippen molar-refractivity contribution in [2.45, 2.75) is 6.92 Å². The third kappa shape index (κ3) is 4.47. The molecule has 0 unspecified atom stereocenters. The maximum atomic E-state index is 12.2. The lowest BCUT2D eigenvalue weighted by molar-refractivity contribution is 0.0734. The molecule has 7 heteroatoms. The summed E-state index contributed by atoms with van der Waals surface area (Å²) in [5, 5.41) is 3.95. The van der Waals surface area contributed by atoms with Crippen molar-refractivity contribution < 1.29 is 23.8 Å². The molecule has 1 aliphatic rings. The van der Waals surface area contributed by atoms with Gasteiger partial charge in [-0.3, -0.25) is 4.79 Å². The lowest BCUT2D eigenvalue weighted by Crippen LogP contribution is -2.17. The molecule has 30 heavy (non-hydrogen) atoms. The first-order valence-electron chi connectivity index (χ1n) is 9.20. The number of fused-ring (bicyclic) bond motifs is 1. The number of hydrogen-bond donors (Lipinski definition) is 1. The van der Waals surface area contributed by atoms with Crippen molar-refractivity contribution in [3.63, 3.8) is 0 Å². The Morgan fingerprint density at radius 1 is 0.933 bits per heavy atom. The molecular weight excluding hydrogens is 384 g/mol. The number of benzene rings is 3. The number of nitrogens with one attached hydrogen (secondary N) is 1. The van der Waals surface area contributed by atoms with Crippen LogP contribution in [0, 0.1) is 6.92 Å². The molecular formula is C23H18N2O5. The fourth-order valence-electron chi connectivity index (χ4n) is 2.75. The number of ether oxygens (including phenoxy) is 3. The minimum absolute atomic E-state index is 0.148. The highest BCUT2D eigenvalue weighted by Gasteiger charge is 2.15. The second-order valence-corrected chi connectivity index (χ2v) is 6.59. The third-order valence-electron chi connectivity index (χ3n) is 4.39. The van der Waals surface area contributed by atoms with Crippen LogP contribution in [0.2, 0.25) is 0 Å². The Hall–Kier alpha value is -4.13. The molecule has 1 amide bonds. The summed E-state index contributed by atoms with van der Waals surface area (Å²) in [5.41, 5.74) is 5.16. The van der Waals surface area contributed by atoms with Gasteiger partial charge in [0, 0.05) is 5.56 Å². The smallest absolute Gasteiger partial charge is 0.343 e. The first-order chi connectivity index (χ1) is 14.6. The number of carbonyl (C=O) groups is 2. The van der Waals surface area contributed by atoms with E-state index in [0.29, 0.717) is 28.4 Å². The zero-order chi connectivity index (χ0) is 20.9. The van der Waals surface area contributed by atoms with E-state index in [4.69, 9.17) is 14.2 Å². The van der Waals surface area contributed by atoms with Crippen molar-refractivity contribution in [3.8, 4) is 17.2 Å². The van der Waals surface area contributed by atoms with Crippen molar-refractivity contribution in [3.05, 3.63) is 89.0 Å². The van der Waals surface area contributed by atoms with Crippen LogP contribution in [0.1, 0.15) is 31.8 Å². The van der Waals surface area contributed by atoms with Crippen LogP contribution in [0.15, 0.2) is 71.8 Å². The lowest BCUT2D eigenvalue weighted by atomic mass is 10.1. The Morgan fingerprint density at radius 3 is 2.40 bits per heavy atom. The normalized spacial score (nSPS) is 12.0. The highest BCUT2D eigenvalue weighted by molar-refractivity contribution is 5.95. The first kappa shape index (κ1) is 19.2. The Labute approximate surface area is 172 Å². The molecule has 0 saturated carbocycles. The van der Waals surface area contributed by atoms with Crippen molar-refractivity contribution in [2.75, 3.05) is 6.79 Å². The number of nitrogens with zero attached hydrogens (tertiary/aromatic N) is 1. The van der Waals surface area contributed by atoms with Crippen LogP contribution in [0.3, 0.4) is 0 Å². The molecule has 0 aromatic heterocycles. The van der Waals surface area contributed by atoms with Gasteiger partial charge >= 0.3 is 5.97 Å². The quantitative estimate of drug-likeness (QED) is 0.304. The molecule has 0 saturated heterocycles. The van der Waals surface area contributed by atoms with Gasteiger partial charge in [0.2, 0.25) is 6.79 Å². The van der Waals surface area contributed by atoms with Crippen molar-refractivity contribution in [2.24, 2.45) is 5.10 Å². The number of hydrazone groups is 1. The van der Waals surface area contributed by atoms with Crippen LogP contribution < -0.4 is 19.6 Å². The first-order valence-corrected chi connectivity index (χ1v) is 9.20. The number of esters is 1. The summed E-state index contributed by atoms with van der Waals surface area (Å²) < 4.78 is 15.8. The molecule has 3 aromatic carbocycles. The number of hydrogen-bond acceptors (Lipinski definition) is 6. The summed E-state index contributed by atoms with van der Waals surface area (Å²) in [7, 11) is 0. The van der Waals surface area contributed by atoms with Gasteiger partial charge in [0.1, 0.15) is 5.75 Å². The lowest BCUT2D eigenvalue weighted by Gasteiger charge is -2.05. The molecule has 0 radical (unpaired) electrons. The van der Waals surface area contributed by atoms with Crippen molar-refractivity contribution >= 4 is 18.1 Å². The van der Waals surface area contributed by atoms with Gasteiger partial charge in [0.25, 0.3) is 5.91 Å². The molecule has 4 rings (SSSR count). The Balaban J connectivity index is 1.33. The molecule has 7 nitrogen and oxygen atoms in total. The van der Waals surface area contributed by atoms with E-state index in [1.807, 2.05) is 19.1 Å². The fourth-order valence-corrected chi connectivity index (χ4v) is 2.75. The minimum Gasteiger partial charge on any atom is -0.454 e. The van der Waals surface area contributed by atoms with Gasteiger partial charge in [-0.1, -0.05) is 17.7 Å². The highest BCUT2D eigenvalue weighted by atomic mass is 16.7. The standard InChI is InChI=1S/C23H18N2O5/c1-15-2-6-17(7-3-15)23(27)30-19-9-4-16(5-10-19)13-24-25-22(26)18-8-11-20-21(12-18)29-14-28-20/h2-13H,14H2,1H3,(H,25,26)/b24-13-. The zero-order valence-corrected chi connectivity index (χ0v) is 16.1. The van der Waals surface area contributed by atoms with Gasteiger partial charge in [-0.2, -0.15) is 5.10 Å². The van der Waals surface area contributed by atoms with E-state index in [0.717, 1.165) is 11.1 Å².